The third-order valence-electron chi connectivity index (χ3n) is 11.3. The van der Waals surface area contributed by atoms with Crippen LogP contribution in [0.3, 0.4) is 0 Å². The van der Waals surface area contributed by atoms with E-state index in [4.69, 9.17) is 23.7 Å². The molecule has 0 aliphatic carbocycles. The Morgan fingerprint density at radius 1 is 1.06 bits per heavy atom. The molecule has 0 aromatic heterocycles. The van der Waals surface area contributed by atoms with Crippen molar-refractivity contribution in [2.75, 3.05) is 33.9 Å². The van der Waals surface area contributed by atoms with Crippen LogP contribution >= 0.6 is 0 Å². The van der Waals surface area contributed by atoms with Gasteiger partial charge in [0.1, 0.15) is 29.8 Å². The first-order chi connectivity index (χ1) is 23.9. The quantitative estimate of drug-likeness (QED) is 0.248. The van der Waals surface area contributed by atoms with Crippen LogP contribution in [0, 0.1) is 17.8 Å². The van der Waals surface area contributed by atoms with Crippen LogP contribution < -0.4 is 0 Å². The number of ketones is 1. The summed E-state index contributed by atoms with van der Waals surface area (Å²) in [6.07, 6.45) is -3.59. The molecule has 4 fully saturated rings. The van der Waals surface area contributed by atoms with Crippen LogP contribution in [0.1, 0.15) is 80.2 Å². The summed E-state index contributed by atoms with van der Waals surface area (Å²) in [5.74, 6) is -3.17. The summed E-state index contributed by atoms with van der Waals surface area (Å²) in [7, 11) is 3.82. The average Bonchev–Trinajstić information content (AvgIpc) is 3.07. The molecule has 11 heteroatoms. The number of rotatable bonds is 6. The van der Waals surface area contributed by atoms with Crippen LogP contribution in [0.15, 0.2) is 42.5 Å². The molecular formula is C40H64N2O9. The lowest BCUT2D eigenvalue weighted by Gasteiger charge is -2.48. The van der Waals surface area contributed by atoms with E-state index < -0.39 is 59.7 Å². The number of benzene rings is 1. The van der Waals surface area contributed by atoms with Gasteiger partial charge in [0.15, 0.2) is 12.1 Å². The fourth-order valence-electron chi connectivity index (χ4n) is 8.40. The number of hydrogen-bond acceptors (Lipinski definition) is 11. The molecule has 0 spiro atoms. The highest BCUT2D eigenvalue weighted by Crippen LogP contribution is 2.39. The van der Waals surface area contributed by atoms with Gasteiger partial charge in [-0.15, -0.1) is 0 Å². The lowest BCUT2D eigenvalue weighted by molar-refractivity contribution is -0.297. The van der Waals surface area contributed by atoms with E-state index in [1.54, 1.807) is 13.8 Å². The molecule has 5 rings (SSSR count). The van der Waals surface area contributed by atoms with Crippen molar-refractivity contribution in [1.29, 1.82) is 0 Å². The van der Waals surface area contributed by atoms with Crippen molar-refractivity contribution in [3.8, 4) is 0 Å². The van der Waals surface area contributed by atoms with Crippen LogP contribution in [0.4, 0.5) is 0 Å². The summed E-state index contributed by atoms with van der Waals surface area (Å²) in [5.41, 5.74) is -0.991. The summed E-state index contributed by atoms with van der Waals surface area (Å²) < 4.78 is 32.4. The van der Waals surface area contributed by atoms with Gasteiger partial charge in [-0.05, 0) is 85.0 Å². The van der Waals surface area contributed by atoms with Gasteiger partial charge in [0, 0.05) is 31.1 Å². The molecule has 1 aromatic carbocycles. The highest BCUT2D eigenvalue weighted by Gasteiger charge is 2.52. The molecule has 51 heavy (non-hydrogen) atoms. The number of aliphatic hydroxyl groups excluding tert-OH is 1. The third kappa shape index (κ3) is 9.67. The Bertz CT molecular complexity index is 1320. The molecule has 288 valence electrons. The molecular weight excluding hydrogens is 652 g/mol. The van der Waals surface area contributed by atoms with Gasteiger partial charge in [-0.1, -0.05) is 57.7 Å². The normalized spacial score (nSPS) is 41.3. The predicted molar refractivity (Wildman–Crippen MR) is 195 cm³/mol. The van der Waals surface area contributed by atoms with Gasteiger partial charge in [-0.3, -0.25) is 14.5 Å². The molecule has 0 radical (unpaired) electrons. The Labute approximate surface area is 305 Å². The van der Waals surface area contributed by atoms with E-state index in [1.165, 1.54) is 6.92 Å². The minimum Gasteiger partial charge on any atom is -0.459 e. The number of carbonyl (C=O) groups is 2. The molecule has 0 saturated carbocycles. The highest BCUT2D eigenvalue weighted by molar-refractivity contribution is 6.00. The number of nitrogens with zero attached hydrogens (tertiary/aromatic N) is 2. The minimum atomic E-state index is -1.63. The summed E-state index contributed by atoms with van der Waals surface area (Å²) in [4.78, 5) is 32.4. The molecule has 4 saturated heterocycles. The number of esters is 1. The predicted octanol–water partition coefficient (Wildman–Crippen LogP) is 4.37. The second-order valence-electron chi connectivity index (χ2n) is 16.1. The Kier molecular flexibility index (Phi) is 14.1. The largest absolute Gasteiger partial charge is 0.459 e. The van der Waals surface area contributed by atoms with E-state index in [2.05, 4.69) is 30.5 Å². The van der Waals surface area contributed by atoms with Crippen molar-refractivity contribution < 1.29 is 43.5 Å². The first-order valence-corrected chi connectivity index (χ1v) is 18.7. The highest BCUT2D eigenvalue weighted by atomic mass is 16.7. The molecule has 2 bridgehead atoms. The number of Topliss-reactive ketones (excluding diaryl/α,β-unsaturated/α-hetero) is 1. The maximum absolute atomic E-state index is 14.4. The Balaban J connectivity index is 1.88. The summed E-state index contributed by atoms with van der Waals surface area (Å²) in [5, 5.41) is 23.9. The van der Waals surface area contributed by atoms with E-state index in [0.29, 0.717) is 37.9 Å². The van der Waals surface area contributed by atoms with Gasteiger partial charge in [0.05, 0.1) is 31.0 Å². The number of likely N-dealkylation sites (N-methyl/N-ethyl adjacent to an activating group) is 1. The van der Waals surface area contributed by atoms with E-state index in [-0.39, 0.29) is 43.1 Å². The van der Waals surface area contributed by atoms with Crippen LogP contribution in [-0.4, -0.2) is 126 Å². The summed E-state index contributed by atoms with van der Waals surface area (Å²) in [6.45, 7) is 20.5. The van der Waals surface area contributed by atoms with Gasteiger partial charge in [-0.25, -0.2) is 0 Å². The lowest BCUT2D eigenvalue weighted by atomic mass is 9.78. The lowest BCUT2D eigenvalue weighted by Crippen LogP contribution is -2.61. The second-order valence-corrected chi connectivity index (χ2v) is 16.1. The zero-order valence-electron chi connectivity index (χ0n) is 32.5. The molecule has 4 aliphatic heterocycles. The fraction of sp³-hybridized carbons (Fsp3) is 0.750. The number of ether oxygens (including phenoxy) is 5. The van der Waals surface area contributed by atoms with Gasteiger partial charge in [-0.2, -0.15) is 0 Å². The zero-order chi connectivity index (χ0) is 37.8. The number of aliphatic hydroxyl groups is 2. The first-order valence-electron chi connectivity index (χ1n) is 18.7. The van der Waals surface area contributed by atoms with Crippen molar-refractivity contribution in [2.24, 2.45) is 17.8 Å². The Morgan fingerprint density at radius 3 is 2.35 bits per heavy atom. The third-order valence-corrected chi connectivity index (χ3v) is 11.3. The van der Waals surface area contributed by atoms with Gasteiger partial charge < -0.3 is 38.8 Å². The van der Waals surface area contributed by atoms with Crippen LogP contribution in [0.2, 0.25) is 0 Å². The molecule has 0 amide bonds. The van der Waals surface area contributed by atoms with Crippen molar-refractivity contribution in [3.63, 3.8) is 0 Å². The molecule has 2 N–H and O–H groups in total. The average molecular weight is 717 g/mol. The van der Waals surface area contributed by atoms with Crippen molar-refractivity contribution in [2.45, 2.75) is 141 Å². The van der Waals surface area contributed by atoms with Gasteiger partial charge in [0.2, 0.25) is 0 Å². The van der Waals surface area contributed by atoms with Crippen molar-refractivity contribution in [3.05, 3.63) is 48.0 Å². The molecule has 13 atom stereocenters. The van der Waals surface area contributed by atoms with E-state index in [0.717, 1.165) is 5.56 Å². The zero-order valence-corrected chi connectivity index (χ0v) is 32.5. The number of fused-ring (bicyclic) bond motifs is 15. The second kappa shape index (κ2) is 17.3. The van der Waals surface area contributed by atoms with Gasteiger partial charge >= 0.3 is 5.97 Å². The summed E-state index contributed by atoms with van der Waals surface area (Å²) >= 11 is 0. The van der Waals surface area contributed by atoms with Crippen molar-refractivity contribution >= 4 is 11.8 Å². The molecule has 1 aromatic rings. The minimum absolute atomic E-state index is 0.0131. The Hall–Kier alpha value is -2.22. The first kappa shape index (κ1) is 41.5. The number of carbonyl (C=O) groups excluding carboxylic acids is 2. The van der Waals surface area contributed by atoms with E-state index in [1.807, 2.05) is 64.9 Å². The molecule has 11 nitrogen and oxygen atoms in total. The van der Waals surface area contributed by atoms with Crippen LogP contribution in [0.25, 0.3) is 0 Å². The topological polar surface area (TPSA) is 127 Å². The monoisotopic (exact) mass is 716 g/mol. The smallest absolute Gasteiger partial charge is 0.316 e. The van der Waals surface area contributed by atoms with E-state index in [9.17, 15) is 19.8 Å². The number of hydrogen-bond donors (Lipinski definition) is 2. The molecule has 4 heterocycles. The maximum atomic E-state index is 14.4. The van der Waals surface area contributed by atoms with Gasteiger partial charge in [0.25, 0.3) is 0 Å². The molecule has 1 unspecified atom stereocenters. The Morgan fingerprint density at radius 2 is 1.73 bits per heavy atom. The maximum Gasteiger partial charge on any atom is 0.316 e. The molecule has 4 aliphatic rings. The summed E-state index contributed by atoms with van der Waals surface area (Å²) in [6, 6.07) is 9.58. The van der Waals surface area contributed by atoms with Crippen LogP contribution in [-0.2, 0) is 39.8 Å². The van der Waals surface area contributed by atoms with Crippen LogP contribution in [0.5, 0.6) is 0 Å². The van der Waals surface area contributed by atoms with Crippen molar-refractivity contribution in [1.82, 2.24) is 9.80 Å². The SMILES string of the molecule is C=C1CO[C@H]2[C@@H](C)N(Cc3ccccc3)C[C@H](C)C[C@@](C)(OC1)[C@H](O[C@@H]1O[C@H](C)C[C@H](N(C)C)[C@H]1O)[C@@H](C)C(=O)C(C)C(=O)O[C@H](CC)[C@@]2(C)O. The fourth-order valence-corrected chi connectivity index (χ4v) is 8.40. The van der Waals surface area contributed by atoms with E-state index >= 15 is 0 Å². The standard InChI is InChI=1S/C40H64N2O9/c1-12-32-40(9,46)36-29(7)42(21-30-16-14-13-15-17-30)20-24(2)19-39(8,48-23-25(3)22-47-36)35(27(5)33(43)28(6)37(45)50-32)51-38-34(44)31(41(10)11)18-26(4)49-38/h13-17,24,26-29,31-32,34-36,38,44,46H,3,12,18-23H2,1-2,4-11H3/t24-,26-,27+,28?,29-,31+,32-,34-,35-,36+,38+,39-,40-/m1/s1.